The highest BCUT2D eigenvalue weighted by molar-refractivity contribution is 6.07. The number of hydrogen-bond acceptors (Lipinski definition) is 18. The Labute approximate surface area is 654 Å². The molecule has 4 aromatic carbocycles. The van der Waals surface area contributed by atoms with E-state index in [4.69, 9.17) is 51.6 Å². The number of carbonyl (C=O) groups excluding carboxylic acids is 12. The van der Waals surface area contributed by atoms with Crippen molar-refractivity contribution in [1.29, 1.82) is 0 Å². The molecule has 4 aromatic rings. The van der Waals surface area contributed by atoms with Crippen molar-refractivity contribution in [3.8, 4) is 0 Å². The van der Waals surface area contributed by atoms with Crippen LogP contribution in [0.5, 0.6) is 0 Å². The van der Waals surface area contributed by atoms with Gasteiger partial charge in [0.1, 0.15) is 48.1 Å². The number of anilines is 1. The van der Waals surface area contributed by atoms with Crippen LogP contribution in [0.15, 0.2) is 111 Å². The Hall–Kier alpha value is -12.1. The molecule has 0 aromatic heterocycles. The number of guanidine groups is 4. The van der Waals surface area contributed by atoms with Crippen LogP contribution < -0.4 is 105 Å². The molecule has 6 rings (SSSR count). The van der Waals surface area contributed by atoms with Gasteiger partial charge in [0.2, 0.25) is 59.1 Å². The van der Waals surface area contributed by atoms with Gasteiger partial charge in [-0.05, 0) is 137 Å². The first kappa shape index (κ1) is 89.8. The largest absolute Gasteiger partial charge is 0.391 e. The fourth-order valence-corrected chi connectivity index (χ4v) is 13.1. The van der Waals surface area contributed by atoms with Crippen LogP contribution >= 0.6 is 0 Å². The normalized spacial score (nSPS) is 23.2. The molecule has 0 saturated carbocycles. The smallest absolute Gasteiger partial charge is 0.245 e. The zero-order valence-electron chi connectivity index (χ0n) is 63.9. The first-order chi connectivity index (χ1) is 53.8. The van der Waals surface area contributed by atoms with Crippen LogP contribution in [0.2, 0.25) is 0 Å². The summed E-state index contributed by atoms with van der Waals surface area (Å²) in [5, 5.41) is 40.2. The van der Waals surface area contributed by atoms with E-state index >= 15 is 33.6 Å². The van der Waals surface area contributed by atoms with E-state index < -0.39 is 174 Å². The summed E-state index contributed by atoms with van der Waals surface area (Å²) in [6.45, 7) is 3.98. The van der Waals surface area contributed by atoms with E-state index in [1.165, 1.54) is 26.0 Å². The molecule has 0 spiro atoms. The van der Waals surface area contributed by atoms with E-state index in [0.717, 1.165) is 28.5 Å². The summed E-state index contributed by atoms with van der Waals surface area (Å²) in [4.78, 5) is 194. The van der Waals surface area contributed by atoms with E-state index in [9.17, 15) is 33.5 Å². The van der Waals surface area contributed by atoms with Gasteiger partial charge in [-0.15, -0.1) is 0 Å². The molecule has 0 aliphatic carbocycles. The molecule has 3 unspecified atom stereocenters. The molecule has 614 valence electrons. The van der Waals surface area contributed by atoms with Gasteiger partial charge in [-0.3, -0.25) is 77.5 Å². The van der Waals surface area contributed by atoms with Crippen molar-refractivity contribution in [1.82, 2.24) is 47.9 Å². The molecular weight excluding hydrogens is 1460 g/mol. The quantitative estimate of drug-likeness (QED) is 0.0115. The summed E-state index contributed by atoms with van der Waals surface area (Å²) in [6, 6.07) is 9.65. The van der Waals surface area contributed by atoms with E-state index in [2.05, 4.69) is 73.1 Å². The predicted octanol–water partition coefficient (Wildman–Crippen LogP) is -2.60. The van der Waals surface area contributed by atoms with Gasteiger partial charge in [-0.2, -0.15) is 0 Å². The molecule has 2 aliphatic heterocycles. The summed E-state index contributed by atoms with van der Waals surface area (Å²) in [5.74, 6) is -16.7. The first-order valence-electron chi connectivity index (χ1n) is 37.8. The number of nitrogens with zero attached hydrogens (tertiary/aromatic N) is 4. The Bertz CT molecular complexity index is 4060. The zero-order chi connectivity index (χ0) is 82.8. The maximum atomic E-state index is 15.4. The standard InChI is InChI=1S/C76H110FN23O13/c1-4-5-18-54-63(104)51(29-30-61(78)103)66(107)97-59(40-50-38-47-16-8-9-19-52(47)92-50)71(112)100-62(42(3)101)72(113)91-41(2)64(105)93-53(20-11-32-88-74(81)82)60(102)39-48(17-10-31-87-73(79)80)65(106)95-55(21-12-33-89-75(83)84)67(108)99-58(37-44-23-26-45-14-6-7-15-46(45)35-44)70(111)96-56(22-13-34-90-76(85)86)68(109)98-57(69(110)94-54)36-43-24-27-49(77)28-25-43/h6-9,14-16,19,23-28,35,41-42,48,50-51,53-59,62,92,101H,4-5,10-13,17-18,20-22,29-34,36-40H2,1-3H3,(H2,78,103)(H,91,113)(H,93,105)(H,94,110)(H,95,106)(H,96,111)(H,97,107)(H,98,109)(H,99,108)(H,100,112)(H4,79,80,87)(H4,81,82,88)(H4,83,84,89)(H4,85,86,90)/t41?,42?,48-,50?,51-,53-,54-,55-,56-,57-,58-,59-,62-/m0/s1. The molecule has 1 saturated heterocycles. The highest BCUT2D eigenvalue weighted by atomic mass is 19.1. The van der Waals surface area contributed by atoms with E-state index in [1.807, 2.05) is 24.3 Å². The van der Waals surface area contributed by atoms with Gasteiger partial charge in [0.05, 0.1) is 24.1 Å². The SMILES string of the molecule is CCCC[C@@H]1NC(=O)[C@H](Cc2ccc(F)cc2)NC(=O)[C@H](CCCN=C(N)N)NC(=O)[C@H](Cc2ccc3ccccc3c2)NC(=O)[C@H](CCCN=C(N)N)NC(=O)[C@@H](CCCN=C(N)N)CC(=O)[C@H](CCCN=C(N)N)NC(=O)C(C)NC(=O)[C@H](C(C)O)NC(=O)[C@H](CC2Cc3ccccc3N2)NC(=O)[C@@H](CCC(N)=O)C1=O. The van der Waals surface area contributed by atoms with Crippen molar-refractivity contribution in [3.63, 3.8) is 0 Å². The third-order valence-electron chi connectivity index (χ3n) is 19.2. The monoisotopic (exact) mass is 1570 g/mol. The molecule has 0 radical (unpaired) electrons. The number of nitrogens with one attached hydrogen (secondary N) is 10. The van der Waals surface area contributed by atoms with Gasteiger partial charge in [0.15, 0.2) is 35.4 Å². The molecular formula is C76H110FN23O13. The van der Waals surface area contributed by atoms with Crippen molar-refractivity contribution < 1.29 is 67.0 Å². The number of halogens is 1. The fourth-order valence-electron chi connectivity index (χ4n) is 13.1. The number of rotatable bonds is 29. The second kappa shape index (κ2) is 45.3. The number of hydrogen-bond donors (Lipinski definition) is 20. The van der Waals surface area contributed by atoms with Crippen LogP contribution in [0.25, 0.3) is 10.8 Å². The fraction of sp³-hybridized carbons (Fsp3) is 0.500. The number of nitrogens with two attached hydrogens (primary N) is 9. The molecule has 1 fully saturated rings. The van der Waals surface area contributed by atoms with Crippen molar-refractivity contribution in [2.24, 2.45) is 83.4 Å². The maximum absolute atomic E-state index is 15.4. The lowest BCUT2D eigenvalue weighted by molar-refractivity contribution is -0.140. The van der Waals surface area contributed by atoms with Gasteiger partial charge in [0, 0.05) is 69.5 Å². The molecule has 2 heterocycles. The van der Waals surface area contributed by atoms with Gasteiger partial charge in [0.25, 0.3) is 0 Å². The zero-order valence-corrected chi connectivity index (χ0v) is 63.9. The van der Waals surface area contributed by atoms with E-state index in [0.29, 0.717) is 29.7 Å². The average Bonchev–Trinajstić information content (AvgIpc) is 1.66. The van der Waals surface area contributed by atoms with Crippen LogP contribution in [-0.2, 0) is 76.8 Å². The van der Waals surface area contributed by atoms with Gasteiger partial charge in [-0.1, -0.05) is 92.6 Å². The molecule has 36 nitrogen and oxygen atoms in total. The minimum absolute atomic E-state index is 0.00266. The minimum atomic E-state index is -1.87. The molecule has 37 heteroatoms. The Kier molecular flexibility index (Phi) is 36.0. The second-order valence-electron chi connectivity index (χ2n) is 28.3. The van der Waals surface area contributed by atoms with E-state index in [-0.39, 0.29) is 133 Å². The van der Waals surface area contributed by atoms with Crippen molar-refractivity contribution in [2.45, 2.75) is 203 Å². The topological polar surface area (TPSA) is 629 Å². The Morgan fingerprint density at radius 3 is 1.47 bits per heavy atom. The Morgan fingerprint density at radius 2 is 0.920 bits per heavy atom. The molecule has 2 aliphatic rings. The van der Waals surface area contributed by atoms with E-state index in [1.54, 1.807) is 49.4 Å². The Morgan fingerprint density at radius 1 is 0.460 bits per heavy atom. The first-order valence-corrected chi connectivity index (χ1v) is 37.8. The lowest BCUT2D eigenvalue weighted by atomic mass is 9.89. The number of ketones is 2. The minimum Gasteiger partial charge on any atom is -0.391 e. The lowest BCUT2D eigenvalue weighted by Crippen LogP contribution is -2.61. The number of para-hydroxylation sites is 1. The molecule has 29 N–H and O–H groups in total. The van der Waals surface area contributed by atoms with Gasteiger partial charge in [-0.25, -0.2) is 4.39 Å². The van der Waals surface area contributed by atoms with Gasteiger partial charge >= 0.3 is 0 Å². The summed E-state index contributed by atoms with van der Waals surface area (Å²) >= 11 is 0. The highest BCUT2D eigenvalue weighted by Gasteiger charge is 2.41. The highest BCUT2D eigenvalue weighted by Crippen LogP contribution is 2.28. The predicted molar refractivity (Wildman–Crippen MR) is 424 cm³/mol. The lowest BCUT2D eigenvalue weighted by Gasteiger charge is -2.30. The van der Waals surface area contributed by atoms with Crippen molar-refractivity contribution >= 4 is 111 Å². The summed E-state index contributed by atoms with van der Waals surface area (Å²) in [6.07, 6.45) is -4.01. The number of aliphatic imine (C=N–C) groups is 4. The van der Waals surface area contributed by atoms with Crippen LogP contribution in [-0.4, -0.2) is 192 Å². The number of amides is 10. The molecule has 113 heavy (non-hydrogen) atoms. The number of Topliss-reactive ketones (excluding diaryl/α,β-unsaturated/α-hetero) is 2. The number of fused-ring (bicyclic) bond motifs is 2. The summed E-state index contributed by atoms with van der Waals surface area (Å²) in [7, 11) is 0. The van der Waals surface area contributed by atoms with Crippen molar-refractivity contribution in [2.75, 3.05) is 31.5 Å². The van der Waals surface area contributed by atoms with Crippen LogP contribution in [0, 0.1) is 17.7 Å². The summed E-state index contributed by atoms with van der Waals surface area (Å²) in [5.41, 5.74) is 53.4. The second-order valence-corrected chi connectivity index (χ2v) is 28.3. The molecule has 13 atom stereocenters. The molecule has 10 amide bonds. The third kappa shape index (κ3) is 30.3. The van der Waals surface area contributed by atoms with Crippen LogP contribution in [0.3, 0.4) is 0 Å². The maximum Gasteiger partial charge on any atom is 0.245 e. The number of aliphatic hydroxyl groups is 1. The number of benzene rings is 4. The van der Waals surface area contributed by atoms with Crippen LogP contribution in [0.4, 0.5) is 10.1 Å². The third-order valence-corrected chi connectivity index (χ3v) is 19.2. The Balaban J connectivity index is 1.54. The number of aliphatic hydroxyl groups excluding tert-OH is 1. The van der Waals surface area contributed by atoms with Gasteiger partial charge < -0.3 is 110 Å². The number of unbranched alkanes of at least 4 members (excludes halogenated alkanes) is 1. The average molecular weight is 1570 g/mol. The summed E-state index contributed by atoms with van der Waals surface area (Å²) < 4.78 is 14.6. The number of primary amides is 1. The molecule has 0 bridgehead atoms. The number of carbonyl (C=O) groups is 12. The van der Waals surface area contributed by atoms with Crippen LogP contribution in [0.1, 0.15) is 134 Å². The van der Waals surface area contributed by atoms with Crippen molar-refractivity contribution in [3.05, 3.63) is 114 Å².